The zero-order chi connectivity index (χ0) is 15.7. The minimum atomic E-state index is -0.129. The lowest BCUT2D eigenvalue weighted by Crippen LogP contribution is -2.44. The van der Waals surface area contributed by atoms with Crippen LogP contribution in [0.15, 0.2) is 27.1 Å². The zero-order valence-corrected chi connectivity index (χ0v) is 15.5. The first kappa shape index (κ1) is 18.3. The molecule has 2 atom stereocenters. The molecule has 6 heteroatoms. The second-order valence-electron chi connectivity index (χ2n) is 6.06. The van der Waals surface area contributed by atoms with Gasteiger partial charge in [0, 0.05) is 21.5 Å². The van der Waals surface area contributed by atoms with Gasteiger partial charge in [-0.3, -0.25) is 4.79 Å². The summed E-state index contributed by atoms with van der Waals surface area (Å²) < 4.78 is 6.74. The molecule has 3 N–H and O–H groups in total. The fourth-order valence-corrected chi connectivity index (χ4v) is 3.68. The van der Waals surface area contributed by atoms with E-state index in [0.29, 0.717) is 18.2 Å². The van der Waals surface area contributed by atoms with Crippen molar-refractivity contribution in [3.63, 3.8) is 0 Å². The number of benzene rings is 1. The number of carbonyl (C=O) groups excluding carboxylic acids is 1. The van der Waals surface area contributed by atoms with Crippen LogP contribution in [0.1, 0.15) is 41.8 Å². The summed E-state index contributed by atoms with van der Waals surface area (Å²) in [6, 6.07) is 5.94. The highest BCUT2D eigenvalue weighted by Gasteiger charge is 2.27. The molecule has 1 aromatic heterocycles. The Morgan fingerprint density at radius 2 is 2.13 bits per heavy atom. The number of carbonyl (C=O) groups is 1. The Morgan fingerprint density at radius 1 is 1.39 bits per heavy atom. The first-order valence-electron chi connectivity index (χ1n) is 7.79. The number of nitrogens with one attached hydrogen (secondary N) is 1. The predicted molar refractivity (Wildman–Crippen MR) is 98.2 cm³/mol. The van der Waals surface area contributed by atoms with Crippen molar-refractivity contribution < 1.29 is 9.21 Å². The van der Waals surface area contributed by atoms with Crippen LogP contribution in [-0.2, 0) is 0 Å². The summed E-state index contributed by atoms with van der Waals surface area (Å²) in [6.07, 6.45) is 4.44. The summed E-state index contributed by atoms with van der Waals surface area (Å²) in [4.78, 5) is 12.6. The summed E-state index contributed by atoms with van der Waals surface area (Å²) in [7, 11) is 0. The van der Waals surface area contributed by atoms with Crippen molar-refractivity contribution in [3.8, 4) is 0 Å². The molecule has 1 heterocycles. The van der Waals surface area contributed by atoms with Crippen LogP contribution in [0.25, 0.3) is 11.0 Å². The molecule has 1 aliphatic rings. The third-order valence-corrected chi connectivity index (χ3v) is 5.13. The second kappa shape index (κ2) is 7.69. The Bertz CT molecular complexity index is 701. The Hall–Kier alpha value is -1.04. The normalized spacial score (nSPS) is 21.0. The van der Waals surface area contributed by atoms with Crippen molar-refractivity contribution in [2.75, 3.05) is 6.54 Å². The van der Waals surface area contributed by atoms with Gasteiger partial charge in [0.15, 0.2) is 5.76 Å². The van der Waals surface area contributed by atoms with Crippen molar-refractivity contribution in [1.29, 1.82) is 0 Å². The topological polar surface area (TPSA) is 68.3 Å². The van der Waals surface area contributed by atoms with Gasteiger partial charge in [0.05, 0.1) is 0 Å². The van der Waals surface area contributed by atoms with Crippen LogP contribution in [0.5, 0.6) is 0 Å². The quantitative estimate of drug-likeness (QED) is 0.811. The fraction of sp³-hybridized carbons (Fsp3) is 0.471. The predicted octanol–water partition coefficient (Wildman–Crippen LogP) is 4.17. The van der Waals surface area contributed by atoms with Gasteiger partial charge >= 0.3 is 0 Å². The van der Waals surface area contributed by atoms with Gasteiger partial charge < -0.3 is 15.5 Å². The van der Waals surface area contributed by atoms with E-state index in [0.717, 1.165) is 40.3 Å². The van der Waals surface area contributed by atoms with E-state index in [2.05, 4.69) is 21.2 Å². The van der Waals surface area contributed by atoms with Crippen molar-refractivity contribution >= 4 is 45.2 Å². The molecular weight excluding hydrogens is 380 g/mol. The lowest BCUT2D eigenvalue weighted by Gasteiger charge is -2.31. The van der Waals surface area contributed by atoms with Crippen molar-refractivity contribution in [3.05, 3.63) is 34.0 Å². The molecule has 0 radical (unpaired) electrons. The summed E-state index contributed by atoms with van der Waals surface area (Å²) in [6.45, 7) is 2.55. The zero-order valence-electron chi connectivity index (χ0n) is 13.1. The second-order valence-corrected chi connectivity index (χ2v) is 6.97. The third kappa shape index (κ3) is 3.73. The average molecular weight is 402 g/mol. The van der Waals surface area contributed by atoms with E-state index < -0.39 is 0 Å². The fourth-order valence-electron chi connectivity index (χ4n) is 3.32. The third-order valence-electron chi connectivity index (χ3n) is 4.63. The first-order chi connectivity index (χ1) is 10.6. The van der Waals surface area contributed by atoms with Gasteiger partial charge in [-0.2, -0.15) is 0 Å². The molecule has 1 amide bonds. The average Bonchev–Trinajstić information content (AvgIpc) is 2.85. The van der Waals surface area contributed by atoms with Crippen LogP contribution < -0.4 is 11.1 Å². The molecule has 0 saturated heterocycles. The Morgan fingerprint density at radius 3 is 2.87 bits per heavy atom. The number of amides is 1. The standard InChI is InChI=1S/C17H21BrN2O2.ClH/c1-10-13-8-12(18)6-7-15(13)22-16(10)17(21)20-14-5-3-2-4-11(14)9-19;/h6-8,11,14H,2-5,9,19H2,1H3,(H,20,21);1H. The summed E-state index contributed by atoms with van der Waals surface area (Å²) in [5.74, 6) is 0.654. The van der Waals surface area contributed by atoms with Gasteiger partial charge in [0.25, 0.3) is 5.91 Å². The van der Waals surface area contributed by atoms with E-state index in [-0.39, 0.29) is 24.4 Å². The number of fused-ring (bicyclic) bond motifs is 1. The summed E-state index contributed by atoms with van der Waals surface area (Å²) >= 11 is 3.45. The molecule has 0 aliphatic heterocycles. The lowest BCUT2D eigenvalue weighted by molar-refractivity contribution is 0.0881. The van der Waals surface area contributed by atoms with Crippen LogP contribution in [0, 0.1) is 12.8 Å². The highest BCUT2D eigenvalue weighted by molar-refractivity contribution is 9.10. The van der Waals surface area contributed by atoms with E-state index in [1.807, 2.05) is 25.1 Å². The van der Waals surface area contributed by atoms with Gasteiger partial charge in [0.1, 0.15) is 5.58 Å². The summed E-state index contributed by atoms with van der Waals surface area (Å²) in [5, 5.41) is 4.10. The maximum Gasteiger partial charge on any atom is 0.287 e. The maximum absolute atomic E-state index is 12.6. The van der Waals surface area contributed by atoms with Crippen LogP contribution in [0.2, 0.25) is 0 Å². The number of furan rings is 1. The molecule has 2 aromatic rings. The van der Waals surface area contributed by atoms with Gasteiger partial charge in [-0.1, -0.05) is 28.8 Å². The highest BCUT2D eigenvalue weighted by Crippen LogP contribution is 2.29. The van der Waals surface area contributed by atoms with Gasteiger partial charge in [-0.15, -0.1) is 12.4 Å². The molecule has 1 aliphatic carbocycles. The van der Waals surface area contributed by atoms with Crippen LogP contribution in [-0.4, -0.2) is 18.5 Å². The smallest absolute Gasteiger partial charge is 0.287 e. The van der Waals surface area contributed by atoms with Gasteiger partial charge in [-0.25, -0.2) is 0 Å². The minimum Gasteiger partial charge on any atom is -0.451 e. The molecule has 1 fully saturated rings. The van der Waals surface area contributed by atoms with Crippen LogP contribution in [0.4, 0.5) is 0 Å². The number of hydrogen-bond acceptors (Lipinski definition) is 3. The largest absolute Gasteiger partial charge is 0.451 e. The molecule has 23 heavy (non-hydrogen) atoms. The Balaban J connectivity index is 0.00000192. The van der Waals surface area contributed by atoms with Crippen molar-refractivity contribution in [2.24, 2.45) is 11.7 Å². The molecule has 1 aromatic carbocycles. The monoisotopic (exact) mass is 400 g/mol. The maximum atomic E-state index is 12.6. The number of hydrogen-bond donors (Lipinski definition) is 2. The minimum absolute atomic E-state index is 0. The first-order valence-corrected chi connectivity index (χ1v) is 8.59. The van der Waals surface area contributed by atoms with E-state index in [9.17, 15) is 4.79 Å². The molecule has 2 unspecified atom stereocenters. The SMILES string of the molecule is Cc1c(C(=O)NC2CCCCC2CN)oc2ccc(Br)cc12.Cl. The molecule has 0 bridgehead atoms. The molecule has 1 saturated carbocycles. The van der Waals surface area contributed by atoms with Gasteiger partial charge in [0.2, 0.25) is 0 Å². The van der Waals surface area contributed by atoms with E-state index in [1.165, 1.54) is 6.42 Å². The van der Waals surface area contributed by atoms with E-state index in [1.54, 1.807) is 0 Å². The van der Waals surface area contributed by atoms with E-state index in [4.69, 9.17) is 10.2 Å². The van der Waals surface area contributed by atoms with Crippen molar-refractivity contribution in [2.45, 2.75) is 38.6 Å². The van der Waals surface area contributed by atoms with Crippen LogP contribution >= 0.6 is 28.3 Å². The highest BCUT2D eigenvalue weighted by atomic mass is 79.9. The number of aryl methyl sites for hydroxylation is 1. The number of rotatable bonds is 3. The molecule has 126 valence electrons. The van der Waals surface area contributed by atoms with E-state index >= 15 is 0 Å². The molecule has 4 nitrogen and oxygen atoms in total. The Kier molecular flexibility index (Phi) is 6.12. The number of halogens is 2. The molecular formula is C17H22BrClN2O2. The summed E-state index contributed by atoms with van der Waals surface area (Å²) in [5.41, 5.74) is 7.46. The Labute approximate surface area is 150 Å². The van der Waals surface area contributed by atoms with Gasteiger partial charge in [-0.05, 0) is 50.4 Å². The number of nitrogens with two attached hydrogens (primary N) is 1. The van der Waals surface area contributed by atoms with Crippen molar-refractivity contribution in [1.82, 2.24) is 5.32 Å². The molecule has 0 spiro atoms. The lowest BCUT2D eigenvalue weighted by atomic mass is 9.84. The molecule has 3 rings (SSSR count). The van der Waals surface area contributed by atoms with Crippen LogP contribution in [0.3, 0.4) is 0 Å².